The molecule has 7 heteroatoms. The number of carbonyl (C=O) groups is 2. The molecule has 3 aliphatic rings. The van der Waals surface area contributed by atoms with Crippen LogP contribution < -0.4 is 10.1 Å². The summed E-state index contributed by atoms with van der Waals surface area (Å²) in [6.45, 7) is 2.30. The number of amides is 2. The minimum atomic E-state index is -0.945. The van der Waals surface area contributed by atoms with E-state index >= 15 is 0 Å². The number of hydrogen-bond donors (Lipinski definition) is 1. The van der Waals surface area contributed by atoms with E-state index in [9.17, 15) is 9.59 Å². The van der Waals surface area contributed by atoms with Crippen molar-refractivity contribution in [1.29, 1.82) is 0 Å². The zero-order chi connectivity index (χ0) is 23.0. The molecule has 0 spiro atoms. The Morgan fingerprint density at radius 2 is 1.73 bits per heavy atom. The van der Waals surface area contributed by atoms with Crippen molar-refractivity contribution in [3.63, 3.8) is 0 Å². The molecule has 2 aliphatic carbocycles. The van der Waals surface area contributed by atoms with Crippen LogP contribution in [0.2, 0.25) is 0 Å². The van der Waals surface area contributed by atoms with Crippen LogP contribution in [0.3, 0.4) is 0 Å². The largest absolute Gasteiger partial charge is 0.497 e. The van der Waals surface area contributed by atoms with E-state index < -0.39 is 5.54 Å². The van der Waals surface area contributed by atoms with Gasteiger partial charge in [-0.1, -0.05) is 32.1 Å². The highest BCUT2D eigenvalue weighted by Crippen LogP contribution is 2.37. The Kier molecular flexibility index (Phi) is 5.89. The Hall–Kier alpha value is -2.83. The summed E-state index contributed by atoms with van der Waals surface area (Å²) in [7, 11) is 1.64. The summed E-state index contributed by atoms with van der Waals surface area (Å²) in [5, 5.41) is 8.06. The number of hydrogen-bond acceptors (Lipinski definition) is 4. The summed E-state index contributed by atoms with van der Waals surface area (Å²) in [4.78, 5) is 29.4. The summed E-state index contributed by atoms with van der Waals surface area (Å²) in [5.74, 6) is 0.654. The summed E-state index contributed by atoms with van der Waals surface area (Å²) >= 11 is 0. The highest BCUT2D eigenvalue weighted by Gasteiger charge is 2.51. The van der Waals surface area contributed by atoms with Crippen molar-refractivity contribution in [2.75, 3.05) is 7.11 Å². The fourth-order valence-electron chi connectivity index (χ4n) is 5.83. The first-order valence-corrected chi connectivity index (χ1v) is 12.4. The van der Waals surface area contributed by atoms with E-state index in [2.05, 4.69) is 5.32 Å². The van der Waals surface area contributed by atoms with Gasteiger partial charge in [0.1, 0.15) is 17.0 Å². The van der Waals surface area contributed by atoms with E-state index in [1.54, 1.807) is 11.8 Å². The number of nitrogens with one attached hydrogen (secondary N) is 1. The number of ether oxygens (including phenoxy) is 1. The van der Waals surface area contributed by atoms with Gasteiger partial charge >= 0.3 is 0 Å². The van der Waals surface area contributed by atoms with Crippen molar-refractivity contribution in [3.05, 3.63) is 36.0 Å². The molecule has 2 fully saturated rings. The maximum absolute atomic E-state index is 13.8. The normalized spacial score (nSPS) is 24.1. The molecule has 2 amide bonds. The van der Waals surface area contributed by atoms with Gasteiger partial charge in [0.05, 0.1) is 19.3 Å². The quantitative estimate of drug-likeness (QED) is 0.742. The van der Waals surface area contributed by atoms with Gasteiger partial charge in [0.15, 0.2) is 0 Å². The smallest absolute Gasteiger partial charge is 0.273 e. The molecule has 1 unspecified atom stereocenters. The van der Waals surface area contributed by atoms with Crippen LogP contribution >= 0.6 is 0 Å². The van der Waals surface area contributed by atoms with E-state index in [1.165, 1.54) is 6.42 Å². The monoisotopic (exact) mass is 450 g/mol. The van der Waals surface area contributed by atoms with Gasteiger partial charge in [-0.2, -0.15) is 5.10 Å². The molecule has 0 radical (unpaired) electrons. The van der Waals surface area contributed by atoms with E-state index in [-0.39, 0.29) is 23.9 Å². The van der Waals surface area contributed by atoms with Gasteiger partial charge in [0.2, 0.25) is 5.91 Å². The summed E-state index contributed by atoms with van der Waals surface area (Å²) in [6.07, 6.45) is 9.71. The zero-order valence-corrected chi connectivity index (χ0v) is 19.7. The minimum absolute atomic E-state index is 0.0400. The van der Waals surface area contributed by atoms with Crippen molar-refractivity contribution in [2.24, 2.45) is 0 Å². The molecule has 2 saturated carbocycles. The lowest BCUT2D eigenvalue weighted by Crippen LogP contribution is -2.67. The lowest BCUT2D eigenvalue weighted by Gasteiger charge is -2.47. The van der Waals surface area contributed by atoms with Crippen LogP contribution in [0.1, 0.15) is 75.2 Å². The Morgan fingerprint density at radius 1 is 1.06 bits per heavy atom. The van der Waals surface area contributed by atoms with E-state index in [4.69, 9.17) is 9.84 Å². The molecule has 2 aromatic rings. The molecule has 1 aromatic carbocycles. The van der Waals surface area contributed by atoms with Crippen LogP contribution in [-0.2, 0) is 11.3 Å². The van der Waals surface area contributed by atoms with Gasteiger partial charge in [-0.3, -0.25) is 14.3 Å². The molecular formula is C26H34N4O3. The van der Waals surface area contributed by atoms with Crippen molar-refractivity contribution in [3.8, 4) is 17.0 Å². The maximum atomic E-state index is 13.8. The fourth-order valence-corrected chi connectivity index (χ4v) is 5.83. The summed E-state index contributed by atoms with van der Waals surface area (Å²) in [6, 6.07) is 9.85. The van der Waals surface area contributed by atoms with Crippen LogP contribution in [0.15, 0.2) is 30.3 Å². The van der Waals surface area contributed by atoms with Crippen LogP contribution in [0.4, 0.5) is 0 Å². The Morgan fingerprint density at radius 3 is 2.39 bits per heavy atom. The molecule has 176 valence electrons. The summed E-state index contributed by atoms with van der Waals surface area (Å²) in [5.41, 5.74) is 1.28. The van der Waals surface area contributed by atoms with Gasteiger partial charge in [-0.05, 0) is 62.9 Å². The van der Waals surface area contributed by atoms with Crippen LogP contribution in [0, 0.1) is 0 Å². The highest BCUT2D eigenvalue weighted by molar-refractivity contribution is 6.00. The standard InChI is InChI=1S/C26H34N4O3/c1-26(25(32)27-19-8-4-3-5-9-19)17-29-23(24(31)30(26)20-10-6-7-11-20)16-22(28-29)18-12-14-21(33-2)15-13-18/h12-16,19-20H,3-11,17H2,1-2H3,(H,27,32). The number of aromatic nitrogens is 2. The first-order valence-electron chi connectivity index (χ1n) is 12.4. The Labute approximate surface area is 195 Å². The predicted octanol–water partition coefficient (Wildman–Crippen LogP) is 4.16. The molecule has 1 aromatic heterocycles. The molecule has 33 heavy (non-hydrogen) atoms. The third-order valence-corrected chi connectivity index (χ3v) is 7.71. The van der Waals surface area contributed by atoms with Crippen LogP contribution in [0.5, 0.6) is 5.75 Å². The first-order chi connectivity index (χ1) is 16.0. The maximum Gasteiger partial charge on any atom is 0.273 e. The van der Waals surface area contributed by atoms with Crippen molar-refractivity contribution < 1.29 is 14.3 Å². The second-order valence-electron chi connectivity index (χ2n) is 10.00. The van der Waals surface area contributed by atoms with Crippen molar-refractivity contribution in [1.82, 2.24) is 20.0 Å². The minimum Gasteiger partial charge on any atom is -0.497 e. The Bertz CT molecular complexity index is 1020. The second-order valence-corrected chi connectivity index (χ2v) is 10.00. The number of methoxy groups -OCH3 is 1. The Balaban J connectivity index is 1.48. The zero-order valence-electron chi connectivity index (χ0n) is 19.7. The predicted molar refractivity (Wildman–Crippen MR) is 126 cm³/mol. The van der Waals surface area contributed by atoms with Gasteiger partial charge < -0.3 is 15.0 Å². The second kappa shape index (κ2) is 8.84. The molecule has 5 rings (SSSR count). The van der Waals surface area contributed by atoms with E-state index in [1.807, 2.05) is 42.2 Å². The van der Waals surface area contributed by atoms with Gasteiger partial charge in [0, 0.05) is 17.6 Å². The van der Waals surface area contributed by atoms with Crippen molar-refractivity contribution in [2.45, 2.75) is 88.9 Å². The molecule has 2 heterocycles. The average Bonchev–Trinajstić information content (AvgIpc) is 3.50. The topological polar surface area (TPSA) is 76.5 Å². The average molecular weight is 451 g/mol. The molecule has 1 N–H and O–H groups in total. The van der Waals surface area contributed by atoms with Crippen molar-refractivity contribution >= 4 is 11.8 Å². The number of benzene rings is 1. The van der Waals surface area contributed by atoms with Gasteiger partial charge in [-0.15, -0.1) is 0 Å². The van der Waals surface area contributed by atoms with Gasteiger partial charge in [0.25, 0.3) is 5.91 Å². The molecule has 1 atom stereocenters. The third-order valence-electron chi connectivity index (χ3n) is 7.71. The number of nitrogens with zero attached hydrogens (tertiary/aromatic N) is 3. The first kappa shape index (κ1) is 22.0. The lowest BCUT2D eigenvalue weighted by atomic mass is 9.90. The van der Waals surface area contributed by atoms with Crippen LogP contribution in [0.25, 0.3) is 11.3 Å². The SMILES string of the molecule is COc1ccc(-c2cc3n(n2)CC(C)(C(=O)NC2CCCCC2)N(C2CCCC2)C3=O)cc1. The van der Waals surface area contributed by atoms with Gasteiger partial charge in [-0.25, -0.2) is 0 Å². The third kappa shape index (κ3) is 4.02. The molecule has 1 aliphatic heterocycles. The number of rotatable bonds is 5. The highest BCUT2D eigenvalue weighted by atomic mass is 16.5. The molecule has 0 bridgehead atoms. The number of fused-ring (bicyclic) bond motifs is 1. The molecule has 0 saturated heterocycles. The molecule has 7 nitrogen and oxygen atoms in total. The fraction of sp³-hybridized carbons (Fsp3) is 0.577. The number of carbonyl (C=O) groups excluding carboxylic acids is 2. The molecular weight excluding hydrogens is 416 g/mol. The summed E-state index contributed by atoms with van der Waals surface area (Å²) < 4.78 is 7.00. The van der Waals surface area contributed by atoms with Crippen LogP contribution in [-0.4, -0.2) is 51.2 Å². The van der Waals surface area contributed by atoms with E-state index in [0.29, 0.717) is 12.2 Å². The van der Waals surface area contributed by atoms with E-state index in [0.717, 1.165) is 68.4 Å². The lowest BCUT2D eigenvalue weighted by molar-refractivity contribution is -0.135.